The molecule has 24 heavy (non-hydrogen) atoms. The lowest BCUT2D eigenvalue weighted by atomic mass is 9.86. The van der Waals surface area contributed by atoms with Crippen LogP contribution in [0.5, 0.6) is 0 Å². The molecule has 2 unspecified atom stereocenters. The number of hydrogen-bond donors (Lipinski definition) is 2. The molecule has 4 heteroatoms. The zero-order valence-electron chi connectivity index (χ0n) is 15.7. The van der Waals surface area contributed by atoms with Crippen molar-refractivity contribution in [2.75, 3.05) is 4.31 Å². The Hall–Kier alpha value is -1.16. The van der Waals surface area contributed by atoms with Crippen LogP contribution in [-0.4, -0.2) is 12.1 Å². The molecule has 1 N–H and O–H groups in total. The molecule has 1 saturated carbocycles. The molecule has 1 aromatic rings. The van der Waals surface area contributed by atoms with Gasteiger partial charge in [-0.2, -0.15) is 0 Å². The third-order valence-electron chi connectivity index (χ3n) is 5.17. The number of nitrogens with one attached hydrogen (secondary N) is 1. The van der Waals surface area contributed by atoms with Gasteiger partial charge in [0.1, 0.15) is 0 Å². The van der Waals surface area contributed by atoms with Crippen LogP contribution in [0.15, 0.2) is 18.2 Å². The first-order valence-electron chi connectivity index (χ1n) is 9.25. The zero-order valence-corrected chi connectivity index (χ0v) is 16.6. The summed E-state index contributed by atoms with van der Waals surface area (Å²) in [7, 11) is 0. The normalized spacial score (nSPS) is 21.2. The van der Waals surface area contributed by atoms with Crippen molar-refractivity contribution in [3.63, 3.8) is 0 Å². The van der Waals surface area contributed by atoms with E-state index in [4.69, 9.17) is 0 Å². The first-order valence-corrected chi connectivity index (χ1v) is 9.65. The molecular formula is C20H32N2OS. The Morgan fingerprint density at radius 1 is 1.12 bits per heavy atom. The summed E-state index contributed by atoms with van der Waals surface area (Å²) in [5.74, 6) is 1.22. The van der Waals surface area contributed by atoms with Crippen LogP contribution in [0, 0.1) is 5.92 Å². The van der Waals surface area contributed by atoms with Crippen LogP contribution >= 0.6 is 12.8 Å². The quantitative estimate of drug-likeness (QED) is 0.655. The Morgan fingerprint density at radius 3 is 2.17 bits per heavy atom. The largest absolute Gasteiger partial charge is 0.334 e. The van der Waals surface area contributed by atoms with E-state index in [-0.39, 0.29) is 12.1 Å². The molecule has 0 aromatic heterocycles. The van der Waals surface area contributed by atoms with E-state index in [9.17, 15) is 4.79 Å². The fraction of sp³-hybridized carbons (Fsp3) is 0.650. The molecule has 2 amide bonds. The van der Waals surface area contributed by atoms with E-state index >= 15 is 0 Å². The van der Waals surface area contributed by atoms with Gasteiger partial charge in [-0.05, 0) is 41.7 Å². The molecule has 0 bridgehead atoms. The molecule has 0 saturated heterocycles. The van der Waals surface area contributed by atoms with E-state index in [0.717, 1.165) is 12.1 Å². The fourth-order valence-electron chi connectivity index (χ4n) is 3.61. The summed E-state index contributed by atoms with van der Waals surface area (Å²) in [6.07, 6.45) is 4.72. The number of para-hydroxylation sites is 1. The summed E-state index contributed by atoms with van der Waals surface area (Å²) in [5, 5.41) is 3.21. The topological polar surface area (TPSA) is 32.3 Å². The van der Waals surface area contributed by atoms with Gasteiger partial charge in [-0.25, -0.2) is 9.10 Å². The van der Waals surface area contributed by atoms with Gasteiger partial charge in [0.05, 0.1) is 5.69 Å². The van der Waals surface area contributed by atoms with E-state index < -0.39 is 0 Å². The SMILES string of the molecule is CC(C)c1cccc(C(C)C)c1N(S)C(=O)NC1CCCCC1C. The minimum absolute atomic E-state index is 0.105. The minimum Gasteiger partial charge on any atom is -0.334 e. The van der Waals surface area contributed by atoms with Gasteiger partial charge in [0.15, 0.2) is 0 Å². The fourth-order valence-corrected chi connectivity index (χ4v) is 3.90. The van der Waals surface area contributed by atoms with Crippen molar-refractivity contribution in [2.24, 2.45) is 5.92 Å². The average Bonchev–Trinajstić information content (AvgIpc) is 2.55. The Kier molecular flexibility index (Phi) is 6.62. The Balaban J connectivity index is 2.27. The molecule has 2 atom stereocenters. The van der Waals surface area contributed by atoms with Crippen LogP contribution in [-0.2, 0) is 0 Å². The second kappa shape index (κ2) is 8.28. The summed E-state index contributed by atoms with van der Waals surface area (Å²) in [6, 6.07) is 6.44. The van der Waals surface area contributed by atoms with E-state index in [1.165, 1.54) is 34.7 Å². The molecule has 1 aliphatic carbocycles. The van der Waals surface area contributed by atoms with Crippen LogP contribution in [0.4, 0.5) is 10.5 Å². The van der Waals surface area contributed by atoms with Crippen LogP contribution < -0.4 is 9.62 Å². The van der Waals surface area contributed by atoms with Crippen molar-refractivity contribution in [3.8, 4) is 0 Å². The van der Waals surface area contributed by atoms with E-state index in [0.29, 0.717) is 17.8 Å². The first kappa shape index (κ1) is 19.2. The minimum atomic E-state index is -0.105. The molecule has 0 aliphatic heterocycles. The molecule has 3 nitrogen and oxygen atoms in total. The highest BCUT2D eigenvalue weighted by Crippen LogP contribution is 2.36. The van der Waals surface area contributed by atoms with Gasteiger partial charge in [0, 0.05) is 6.04 Å². The molecule has 0 spiro atoms. The highest BCUT2D eigenvalue weighted by Gasteiger charge is 2.27. The van der Waals surface area contributed by atoms with Crippen molar-refractivity contribution in [1.29, 1.82) is 0 Å². The number of amides is 2. The lowest BCUT2D eigenvalue weighted by molar-refractivity contribution is 0.230. The van der Waals surface area contributed by atoms with Gasteiger partial charge in [-0.15, -0.1) is 0 Å². The zero-order chi connectivity index (χ0) is 17.9. The smallest absolute Gasteiger partial charge is 0.332 e. The maximum absolute atomic E-state index is 12.8. The van der Waals surface area contributed by atoms with Crippen molar-refractivity contribution >= 4 is 24.5 Å². The summed E-state index contributed by atoms with van der Waals surface area (Å²) in [5.41, 5.74) is 3.29. The number of thiol groups is 1. The molecule has 1 aliphatic rings. The van der Waals surface area contributed by atoms with Crippen molar-refractivity contribution < 1.29 is 4.79 Å². The van der Waals surface area contributed by atoms with Crippen LogP contribution in [0.25, 0.3) is 0 Å². The monoisotopic (exact) mass is 348 g/mol. The highest BCUT2D eigenvalue weighted by molar-refractivity contribution is 7.82. The molecular weight excluding hydrogens is 316 g/mol. The van der Waals surface area contributed by atoms with Crippen LogP contribution in [0.1, 0.15) is 83.3 Å². The molecule has 1 aromatic carbocycles. The average molecular weight is 349 g/mol. The summed E-state index contributed by atoms with van der Waals surface area (Å²) < 4.78 is 1.53. The van der Waals surface area contributed by atoms with Crippen molar-refractivity contribution in [3.05, 3.63) is 29.3 Å². The lowest BCUT2D eigenvalue weighted by Gasteiger charge is -2.32. The van der Waals surface area contributed by atoms with Crippen molar-refractivity contribution in [1.82, 2.24) is 5.32 Å². The van der Waals surface area contributed by atoms with Gasteiger partial charge in [-0.3, -0.25) is 0 Å². The maximum atomic E-state index is 12.8. The second-order valence-electron chi connectivity index (χ2n) is 7.72. The molecule has 2 rings (SSSR count). The predicted molar refractivity (Wildman–Crippen MR) is 106 cm³/mol. The third kappa shape index (κ3) is 4.27. The Bertz CT molecular complexity index is 545. The summed E-state index contributed by atoms with van der Waals surface area (Å²) in [6.45, 7) is 10.9. The van der Waals surface area contributed by atoms with Gasteiger partial charge in [0.25, 0.3) is 0 Å². The lowest BCUT2D eigenvalue weighted by Crippen LogP contribution is -2.45. The van der Waals surface area contributed by atoms with Crippen LogP contribution in [0.3, 0.4) is 0 Å². The maximum Gasteiger partial charge on any atom is 0.332 e. The number of carbonyl (C=O) groups is 1. The first-order chi connectivity index (χ1) is 11.3. The predicted octanol–water partition coefficient (Wildman–Crippen LogP) is 5.87. The number of carbonyl (C=O) groups excluding carboxylic acids is 1. The summed E-state index contributed by atoms with van der Waals surface area (Å²) in [4.78, 5) is 12.8. The summed E-state index contributed by atoms with van der Waals surface area (Å²) >= 11 is 4.59. The van der Waals surface area contributed by atoms with Crippen molar-refractivity contribution in [2.45, 2.75) is 78.2 Å². The van der Waals surface area contributed by atoms with E-state index in [1.54, 1.807) is 0 Å². The van der Waals surface area contributed by atoms with Crippen LogP contribution in [0.2, 0.25) is 0 Å². The van der Waals surface area contributed by atoms with E-state index in [2.05, 4.69) is 70.9 Å². The van der Waals surface area contributed by atoms with E-state index in [1.807, 2.05) is 0 Å². The number of benzene rings is 1. The highest BCUT2D eigenvalue weighted by atomic mass is 32.1. The number of hydrogen-bond acceptors (Lipinski definition) is 2. The Labute approximate surface area is 152 Å². The van der Waals surface area contributed by atoms with Gasteiger partial charge in [0.2, 0.25) is 0 Å². The Morgan fingerprint density at radius 2 is 1.67 bits per heavy atom. The molecule has 1 fully saturated rings. The molecule has 0 heterocycles. The molecule has 0 radical (unpaired) electrons. The van der Waals surface area contributed by atoms with Gasteiger partial charge >= 0.3 is 6.03 Å². The van der Waals surface area contributed by atoms with Gasteiger partial charge < -0.3 is 5.32 Å². The van der Waals surface area contributed by atoms with Gasteiger partial charge in [-0.1, -0.05) is 78.5 Å². The second-order valence-corrected chi connectivity index (χ2v) is 8.12. The number of nitrogens with zero attached hydrogens (tertiary/aromatic N) is 1. The number of rotatable bonds is 4. The standard InChI is InChI=1S/C20H32N2OS/c1-13(2)16-10-8-11-17(14(3)4)19(16)22(24)20(23)21-18-12-7-6-9-15(18)5/h8,10-11,13-15,18,24H,6-7,9,12H2,1-5H3,(H,21,23). The number of anilines is 1. The number of urea groups is 1. The third-order valence-corrected chi connectivity index (χ3v) is 5.55. The molecule has 134 valence electrons.